The van der Waals surface area contributed by atoms with E-state index >= 15 is 0 Å². The molecule has 1 aliphatic heterocycles. The fourth-order valence-electron chi connectivity index (χ4n) is 2.02. The van der Waals surface area contributed by atoms with E-state index in [4.69, 9.17) is 0 Å². The second kappa shape index (κ2) is 4.92. The van der Waals surface area contributed by atoms with Crippen LogP contribution in [0.3, 0.4) is 0 Å². The number of nitrogens with one attached hydrogen (secondary N) is 1. The van der Waals surface area contributed by atoms with E-state index in [0.717, 1.165) is 25.9 Å². The number of carbonyl (C=O) groups is 1. The van der Waals surface area contributed by atoms with Gasteiger partial charge in [0.25, 0.3) is 0 Å². The maximum absolute atomic E-state index is 13.5. The minimum atomic E-state index is -1.31. The number of amides is 1. The van der Waals surface area contributed by atoms with Crippen LogP contribution in [0.2, 0.25) is 0 Å². The second-order valence-corrected chi connectivity index (χ2v) is 4.85. The van der Waals surface area contributed by atoms with Crippen molar-refractivity contribution in [3.8, 4) is 0 Å². The average molecular weight is 216 g/mol. The minimum absolute atomic E-state index is 0.0207. The summed E-state index contributed by atoms with van der Waals surface area (Å²) in [7, 11) is 0. The lowest BCUT2D eigenvalue weighted by molar-refractivity contribution is -0.133. The fraction of sp³-hybridized carbons (Fsp3) is 0.909. The molecule has 88 valence electrons. The first-order valence-corrected chi connectivity index (χ1v) is 5.57. The van der Waals surface area contributed by atoms with Crippen molar-refractivity contribution in [3.63, 3.8) is 0 Å². The van der Waals surface area contributed by atoms with Crippen molar-refractivity contribution < 1.29 is 9.18 Å². The topological polar surface area (TPSA) is 32.3 Å². The van der Waals surface area contributed by atoms with Gasteiger partial charge in [-0.2, -0.15) is 0 Å². The molecule has 1 saturated heterocycles. The van der Waals surface area contributed by atoms with Crippen molar-refractivity contribution in [2.75, 3.05) is 19.6 Å². The molecule has 0 aromatic heterocycles. The zero-order valence-electron chi connectivity index (χ0n) is 9.85. The number of hydrogen-bond acceptors (Lipinski definition) is 2. The van der Waals surface area contributed by atoms with Crippen LogP contribution >= 0.6 is 0 Å². The van der Waals surface area contributed by atoms with Crippen LogP contribution in [0.15, 0.2) is 0 Å². The maximum atomic E-state index is 13.5. The van der Waals surface area contributed by atoms with E-state index in [0.29, 0.717) is 0 Å². The average Bonchev–Trinajstić information content (AvgIpc) is 2.14. The van der Waals surface area contributed by atoms with Gasteiger partial charge in [0.05, 0.1) is 6.54 Å². The summed E-state index contributed by atoms with van der Waals surface area (Å²) in [5.41, 5.74) is -1.31. The third kappa shape index (κ3) is 4.16. The van der Waals surface area contributed by atoms with E-state index in [-0.39, 0.29) is 18.5 Å². The zero-order chi connectivity index (χ0) is 11.5. The van der Waals surface area contributed by atoms with Gasteiger partial charge in [0.15, 0.2) is 0 Å². The Kier molecular flexibility index (Phi) is 4.08. The summed E-state index contributed by atoms with van der Waals surface area (Å²) in [5, 5.41) is 3.24. The number of rotatable bonds is 3. The summed E-state index contributed by atoms with van der Waals surface area (Å²) in [5.74, 6) is -0.0207. The Balaban J connectivity index is 2.60. The SMILES string of the molecule is CC(=O)N(CC(C)(C)F)C1CCNCC1. The van der Waals surface area contributed by atoms with E-state index in [2.05, 4.69) is 5.32 Å². The molecule has 0 aliphatic carbocycles. The number of piperidine rings is 1. The highest BCUT2D eigenvalue weighted by molar-refractivity contribution is 5.73. The van der Waals surface area contributed by atoms with Crippen molar-refractivity contribution in [2.24, 2.45) is 0 Å². The smallest absolute Gasteiger partial charge is 0.219 e. The van der Waals surface area contributed by atoms with Gasteiger partial charge in [-0.3, -0.25) is 4.79 Å². The molecule has 0 bridgehead atoms. The van der Waals surface area contributed by atoms with Gasteiger partial charge in [-0.25, -0.2) is 4.39 Å². The minimum Gasteiger partial charge on any atom is -0.337 e. The predicted molar refractivity (Wildman–Crippen MR) is 58.5 cm³/mol. The summed E-state index contributed by atoms with van der Waals surface area (Å²) >= 11 is 0. The number of halogens is 1. The third-order valence-electron chi connectivity index (χ3n) is 2.70. The summed E-state index contributed by atoms with van der Waals surface area (Å²) in [6.45, 7) is 6.59. The highest BCUT2D eigenvalue weighted by Gasteiger charge is 2.28. The molecule has 0 unspecified atom stereocenters. The quantitative estimate of drug-likeness (QED) is 0.772. The van der Waals surface area contributed by atoms with Gasteiger partial charge in [-0.1, -0.05) is 0 Å². The van der Waals surface area contributed by atoms with Gasteiger partial charge in [-0.15, -0.1) is 0 Å². The van der Waals surface area contributed by atoms with E-state index in [1.807, 2.05) is 0 Å². The molecule has 0 saturated carbocycles. The molecule has 15 heavy (non-hydrogen) atoms. The van der Waals surface area contributed by atoms with Crippen molar-refractivity contribution >= 4 is 5.91 Å². The van der Waals surface area contributed by atoms with Crippen molar-refractivity contribution in [2.45, 2.75) is 45.3 Å². The number of alkyl halides is 1. The highest BCUT2D eigenvalue weighted by Crippen LogP contribution is 2.18. The summed E-state index contributed by atoms with van der Waals surface area (Å²) in [6.07, 6.45) is 1.85. The molecule has 1 N–H and O–H groups in total. The van der Waals surface area contributed by atoms with Gasteiger partial charge in [0.2, 0.25) is 5.91 Å². The Morgan fingerprint density at radius 3 is 2.40 bits per heavy atom. The van der Waals surface area contributed by atoms with Gasteiger partial charge in [0, 0.05) is 13.0 Å². The molecule has 0 spiro atoms. The van der Waals surface area contributed by atoms with Crippen molar-refractivity contribution in [3.05, 3.63) is 0 Å². The Labute approximate surface area is 91.0 Å². The molecule has 0 aromatic rings. The Bertz CT molecular complexity index is 219. The number of carbonyl (C=O) groups excluding carboxylic acids is 1. The standard InChI is InChI=1S/C11H21FN2O/c1-9(15)14(8-11(2,3)12)10-4-6-13-7-5-10/h10,13H,4-8H2,1-3H3. The van der Waals surface area contributed by atoms with E-state index in [1.54, 1.807) is 4.90 Å². The molecule has 0 aromatic carbocycles. The van der Waals surface area contributed by atoms with Crippen LogP contribution in [0.1, 0.15) is 33.6 Å². The van der Waals surface area contributed by atoms with Crippen LogP contribution in [0.5, 0.6) is 0 Å². The lowest BCUT2D eigenvalue weighted by Gasteiger charge is -2.36. The molecular formula is C11H21FN2O. The van der Waals surface area contributed by atoms with Crippen LogP contribution in [0, 0.1) is 0 Å². The van der Waals surface area contributed by atoms with Gasteiger partial charge < -0.3 is 10.2 Å². The highest BCUT2D eigenvalue weighted by atomic mass is 19.1. The Hall–Kier alpha value is -0.640. The zero-order valence-corrected chi connectivity index (χ0v) is 9.85. The first-order chi connectivity index (χ1) is 6.90. The van der Waals surface area contributed by atoms with Crippen LogP contribution in [-0.4, -0.2) is 42.2 Å². The molecule has 1 amide bonds. The Morgan fingerprint density at radius 2 is 2.00 bits per heavy atom. The van der Waals surface area contributed by atoms with Gasteiger partial charge >= 0.3 is 0 Å². The number of hydrogen-bond donors (Lipinski definition) is 1. The molecule has 1 heterocycles. The fourth-order valence-corrected chi connectivity index (χ4v) is 2.02. The van der Waals surface area contributed by atoms with E-state index in [9.17, 15) is 9.18 Å². The molecular weight excluding hydrogens is 195 g/mol. The van der Waals surface area contributed by atoms with Crippen molar-refractivity contribution in [1.29, 1.82) is 0 Å². The lowest BCUT2D eigenvalue weighted by Crippen LogP contribution is -2.49. The molecule has 0 atom stereocenters. The number of nitrogens with zero attached hydrogens (tertiary/aromatic N) is 1. The van der Waals surface area contributed by atoms with Crippen LogP contribution < -0.4 is 5.32 Å². The predicted octanol–water partition coefficient (Wildman–Crippen LogP) is 1.33. The molecule has 1 rings (SSSR count). The normalized spacial score (nSPS) is 18.9. The summed E-state index contributed by atoms with van der Waals surface area (Å²) in [6, 6.07) is 0.207. The van der Waals surface area contributed by atoms with Crippen LogP contribution in [0.25, 0.3) is 0 Å². The molecule has 1 fully saturated rings. The summed E-state index contributed by atoms with van der Waals surface area (Å²) in [4.78, 5) is 13.1. The maximum Gasteiger partial charge on any atom is 0.219 e. The van der Waals surface area contributed by atoms with Crippen LogP contribution in [-0.2, 0) is 4.79 Å². The van der Waals surface area contributed by atoms with E-state index < -0.39 is 5.67 Å². The third-order valence-corrected chi connectivity index (χ3v) is 2.70. The van der Waals surface area contributed by atoms with Crippen molar-refractivity contribution in [1.82, 2.24) is 10.2 Å². The van der Waals surface area contributed by atoms with Crippen LogP contribution in [0.4, 0.5) is 4.39 Å². The first-order valence-electron chi connectivity index (χ1n) is 5.57. The molecule has 3 nitrogen and oxygen atoms in total. The van der Waals surface area contributed by atoms with Gasteiger partial charge in [-0.05, 0) is 39.8 Å². The molecule has 4 heteroatoms. The van der Waals surface area contributed by atoms with Gasteiger partial charge in [0.1, 0.15) is 5.67 Å². The monoisotopic (exact) mass is 216 g/mol. The molecule has 0 radical (unpaired) electrons. The first kappa shape index (κ1) is 12.4. The second-order valence-electron chi connectivity index (χ2n) is 4.85. The Morgan fingerprint density at radius 1 is 1.47 bits per heavy atom. The lowest BCUT2D eigenvalue weighted by atomic mass is 10.0. The summed E-state index contributed by atoms with van der Waals surface area (Å²) < 4.78 is 13.5. The van der Waals surface area contributed by atoms with E-state index in [1.165, 1.54) is 20.8 Å². The largest absolute Gasteiger partial charge is 0.337 e. The molecule has 1 aliphatic rings.